The second-order valence-corrected chi connectivity index (χ2v) is 8.00. The Kier molecular flexibility index (Phi) is 8.56. The zero-order valence-corrected chi connectivity index (χ0v) is 19.3. The second kappa shape index (κ2) is 11.6. The fourth-order valence-corrected chi connectivity index (χ4v) is 3.98. The minimum absolute atomic E-state index is 0.0199. The van der Waals surface area contributed by atoms with E-state index in [-0.39, 0.29) is 17.7 Å². The summed E-state index contributed by atoms with van der Waals surface area (Å²) in [5.41, 5.74) is 1.78. The molecule has 0 radical (unpaired) electrons. The number of carbonyl (C=O) groups is 2. The molecule has 1 atom stereocenters. The first-order valence-electron chi connectivity index (χ1n) is 10.8. The molecule has 1 aromatic carbocycles. The van der Waals surface area contributed by atoms with Crippen molar-refractivity contribution in [2.24, 2.45) is 10.9 Å². The number of amides is 2. The highest BCUT2D eigenvalue weighted by molar-refractivity contribution is 7.80. The Morgan fingerprint density at radius 1 is 1.16 bits per heavy atom. The van der Waals surface area contributed by atoms with Gasteiger partial charge in [0.25, 0.3) is 0 Å². The first kappa shape index (κ1) is 23.7. The number of rotatable bonds is 11. The van der Waals surface area contributed by atoms with Gasteiger partial charge in [0.1, 0.15) is 0 Å². The molecule has 0 fully saturated rings. The Morgan fingerprint density at radius 2 is 1.97 bits per heavy atom. The number of hydrogen-bond donors (Lipinski definition) is 1. The van der Waals surface area contributed by atoms with E-state index < -0.39 is 0 Å². The van der Waals surface area contributed by atoms with Crippen LogP contribution in [-0.4, -0.2) is 54.8 Å². The van der Waals surface area contributed by atoms with Crippen LogP contribution >= 0.6 is 12.2 Å². The van der Waals surface area contributed by atoms with Crippen LogP contribution in [0.3, 0.4) is 0 Å². The fourth-order valence-electron chi connectivity index (χ4n) is 3.69. The molecule has 0 aromatic heterocycles. The predicted octanol–water partition coefficient (Wildman–Crippen LogP) is 3.23. The molecule has 1 N–H and O–H groups in total. The van der Waals surface area contributed by atoms with E-state index in [0.717, 1.165) is 24.8 Å². The summed E-state index contributed by atoms with van der Waals surface area (Å²) in [6.07, 6.45) is 11.0. The highest BCUT2D eigenvalue weighted by atomic mass is 32.1. The largest absolute Gasteiger partial charge is 0.493 e. The Bertz CT molecular complexity index is 955. The molecule has 2 amide bonds. The van der Waals surface area contributed by atoms with Crippen molar-refractivity contribution in [2.75, 3.05) is 27.3 Å². The molecule has 1 heterocycles. The first-order chi connectivity index (χ1) is 15.5. The number of thiocarbonyl (C=S) groups is 1. The van der Waals surface area contributed by atoms with Gasteiger partial charge in [0, 0.05) is 19.5 Å². The van der Waals surface area contributed by atoms with Gasteiger partial charge in [-0.3, -0.25) is 14.5 Å². The summed E-state index contributed by atoms with van der Waals surface area (Å²) in [7, 11) is 3.21. The smallest absolute Gasteiger partial charge is 0.241 e. The van der Waals surface area contributed by atoms with Crippen LogP contribution in [0.5, 0.6) is 11.5 Å². The van der Waals surface area contributed by atoms with E-state index in [1.165, 1.54) is 0 Å². The molecule has 7 nitrogen and oxygen atoms in total. The zero-order valence-electron chi connectivity index (χ0n) is 18.5. The molecule has 0 saturated heterocycles. The zero-order chi connectivity index (χ0) is 22.9. The van der Waals surface area contributed by atoms with E-state index in [0.29, 0.717) is 48.3 Å². The van der Waals surface area contributed by atoms with Crippen LogP contribution in [-0.2, 0) is 16.0 Å². The lowest BCUT2D eigenvalue weighted by atomic mass is 9.95. The molecule has 3 rings (SSSR count). The number of nitrogens with one attached hydrogen (secondary N) is 1. The van der Waals surface area contributed by atoms with Crippen LogP contribution in [0.1, 0.15) is 31.2 Å². The number of methoxy groups -OCH3 is 2. The highest BCUT2D eigenvalue weighted by Crippen LogP contribution is 2.27. The minimum atomic E-state index is -0.330. The normalized spacial score (nSPS) is 17.1. The standard InChI is InChI=1S/C24H29N3O4S/c1-30-20-12-11-17(16-21(20)31-2)13-14-25-22(28)10-4-3-7-15-27-23(29)18-8-5-6-9-19(18)26-24(27)32/h5-6,8-9,11-12,16,18H,3-4,7,10,13-15H2,1-2H3,(H,25,28). The highest BCUT2D eigenvalue weighted by Gasteiger charge is 2.33. The van der Waals surface area contributed by atoms with Crippen molar-refractivity contribution in [3.63, 3.8) is 0 Å². The fraction of sp³-hybridized carbons (Fsp3) is 0.417. The number of carbonyl (C=O) groups excluding carboxylic acids is 2. The van der Waals surface area contributed by atoms with Crippen molar-refractivity contribution in [2.45, 2.75) is 32.1 Å². The maximum absolute atomic E-state index is 12.6. The Morgan fingerprint density at radius 3 is 2.75 bits per heavy atom. The molecule has 1 aliphatic heterocycles. The summed E-state index contributed by atoms with van der Waals surface area (Å²) in [5, 5.41) is 3.28. The molecular formula is C24H29N3O4S. The van der Waals surface area contributed by atoms with Crippen LogP contribution in [0.25, 0.3) is 0 Å². The van der Waals surface area contributed by atoms with Crippen LogP contribution in [0.4, 0.5) is 0 Å². The predicted molar refractivity (Wildman–Crippen MR) is 128 cm³/mol. The van der Waals surface area contributed by atoms with Crippen LogP contribution in [0.15, 0.2) is 47.5 Å². The van der Waals surface area contributed by atoms with E-state index in [4.69, 9.17) is 21.7 Å². The van der Waals surface area contributed by atoms with Crippen molar-refractivity contribution >= 4 is 34.9 Å². The number of fused-ring (bicyclic) bond motifs is 1. The molecule has 1 aromatic rings. The molecular weight excluding hydrogens is 426 g/mol. The number of allylic oxidation sites excluding steroid dienone is 3. The van der Waals surface area contributed by atoms with Gasteiger partial charge in [-0.1, -0.05) is 30.7 Å². The van der Waals surface area contributed by atoms with Crippen LogP contribution in [0.2, 0.25) is 0 Å². The molecule has 0 bridgehead atoms. The number of hydrogen-bond acceptors (Lipinski definition) is 5. The molecule has 0 saturated carbocycles. The van der Waals surface area contributed by atoms with Gasteiger partial charge < -0.3 is 14.8 Å². The van der Waals surface area contributed by atoms with Crippen molar-refractivity contribution < 1.29 is 19.1 Å². The molecule has 1 unspecified atom stereocenters. The molecule has 0 spiro atoms. The van der Waals surface area contributed by atoms with Crippen molar-refractivity contribution in [1.82, 2.24) is 10.2 Å². The summed E-state index contributed by atoms with van der Waals surface area (Å²) in [4.78, 5) is 30.7. The maximum atomic E-state index is 12.6. The lowest BCUT2D eigenvalue weighted by Gasteiger charge is -2.30. The number of ether oxygens (including phenoxy) is 2. The van der Waals surface area contributed by atoms with Gasteiger partial charge in [-0.05, 0) is 55.3 Å². The van der Waals surface area contributed by atoms with Crippen LogP contribution < -0.4 is 14.8 Å². The molecule has 170 valence electrons. The monoisotopic (exact) mass is 455 g/mol. The lowest BCUT2D eigenvalue weighted by Crippen LogP contribution is -2.46. The molecule has 8 heteroatoms. The van der Waals surface area contributed by atoms with E-state index >= 15 is 0 Å². The number of benzene rings is 1. The van der Waals surface area contributed by atoms with Crippen molar-refractivity contribution in [3.8, 4) is 11.5 Å². The van der Waals surface area contributed by atoms with E-state index in [1.54, 1.807) is 19.1 Å². The van der Waals surface area contributed by atoms with Crippen molar-refractivity contribution in [1.29, 1.82) is 0 Å². The Labute approximate surface area is 194 Å². The van der Waals surface area contributed by atoms with Crippen LogP contribution in [0, 0.1) is 5.92 Å². The van der Waals surface area contributed by atoms with Gasteiger partial charge in [-0.25, -0.2) is 4.99 Å². The van der Waals surface area contributed by atoms with Gasteiger partial charge in [-0.15, -0.1) is 0 Å². The Hall–Kier alpha value is -3.00. The van der Waals surface area contributed by atoms with E-state index in [9.17, 15) is 9.59 Å². The summed E-state index contributed by atoms with van der Waals surface area (Å²) in [6, 6.07) is 5.75. The third kappa shape index (κ3) is 6.03. The van der Waals surface area contributed by atoms with Gasteiger partial charge >= 0.3 is 0 Å². The topological polar surface area (TPSA) is 80.2 Å². The lowest BCUT2D eigenvalue weighted by molar-refractivity contribution is -0.128. The molecule has 32 heavy (non-hydrogen) atoms. The van der Waals surface area contributed by atoms with Gasteiger partial charge in [0.15, 0.2) is 11.5 Å². The van der Waals surface area contributed by atoms with Gasteiger partial charge in [0.05, 0.1) is 25.8 Å². The number of aliphatic imine (C=N–C) groups is 1. The quantitative estimate of drug-likeness (QED) is 0.409. The summed E-state index contributed by atoms with van der Waals surface area (Å²) in [6.45, 7) is 1.10. The Balaban J connectivity index is 1.32. The van der Waals surface area contributed by atoms with E-state index in [1.807, 2.05) is 42.5 Å². The number of unbranched alkanes of at least 4 members (excludes halogenated alkanes) is 2. The maximum Gasteiger partial charge on any atom is 0.241 e. The second-order valence-electron chi connectivity index (χ2n) is 7.63. The summed E-state index contributed by atoms with van der Waals surface area (Å²) in [5.74, 6) is 1.05. The minimum Gasteiger partial charge on any atom is -0.493 e. The van der Waals surface area contributed by atoms with E-state index in [2.05, 4.69) is 10.3 Å². The number of nitrogens with zero attached hydrogens (tertiary/aromatic N) is 2. The summed E-state index contributed by atoms with van der Waals surface area (Å²) < 4.78 is 10.5. The van der Waals surface area contributed by atoms with Crippen molar-refractivity contribution in [3.05, 3.63) is 48.1 Å². The average molecular weight is 456 g/mol. The first-order valence-corrected chi connectivity index (χ1v) is 11.2. The average Bonchev–Trinajstić information content (AvgIpc) is 2.80. The third-order valence-electron chi connectivity index (χ3n) is 5.46. The molecule has 2 aliphatic rings. The SMILES string of the molecule is COc1ccc(CCNC(=O)CCCCCN2C(=O)C3C=CC=CC3=NC2=S)cc1OC. The third-order valence-corrected chi connectivity index (χ3v) is 5.77. The summed E-state index contributed by atoms with van der Waals surface area (Å²) >= 11 is 5.29. The molecule has 1 aliphatic carbocycles. The van der Waals surface area contributed by atoms with Gasteiger partial charge in [0.2, 0.25) is 16.9 Å². The van der Waals surface area contributed by atoms with Gasteiger partial charge in [-0.2, -0.15) is 0 Å².